The summed E-state index contributed by atoms with van der Waals surface area (Å²) in [5, 5.41) is 4.08. The summed E-state index contributed by atoms with van der Waals surface area (Å²) in [6.45, 7) is 0. The van der Waals surface area contributed by atoms with Gasteiger partial charge in [0.05, 0.1) is 14.2 Å². The molecule has 0 aromatic heterocycles. The number of benzene rings is 1. The van der Waals surface area contributed by atoms with Crippen LogP contribution in [0.3, 0.4) is 0 Å². The van der Waals surface area contributed by atoms with Gasteiger partial charge in [0.2, 0.25) is 5.91 Å². The summed E-state index contributed by atoms with van der Waals surface area (Å²) in [7, 11) is 2.19. The van der Waals surface area contributed by atoms with Crippen molar-refractivity contribution in [2.45, 2.75) is 22.9 Å². The predicted molar refractivity (Wildman–Crippen MR) is 100 cm³/mol. The quantitative estimate of drug-likeness (QED) is 0.351. The summed E-state index contributed by atoms with van der Waals surface area (Å²) in [4.78, 5) is 46.5. The van der Waals surface area contributed by atoms with E-state index in [1.807, 2.05) is 0 Å². The second-order valence-electron chi connectivity index (χ2n) is 5.19. The minimum absolute atomic E-state index is 0.0396. The SMILES string of the molecule is COC(=O)CC(=O)N[C@H](CSC(=O)Nc1ccc(SC(F)(F)F)cc1)C(=O)OC. The second-order valence-corrected chi connectivity index (χ2v) is 7.32. The van der Waals surface area contributed by atoms with Gasteiger partial charge in [0.1, 0.15) is 12.5 Å². The van der Waals surface area contributed by atoms with Crippen LogP contribution in [0.1, 0.15) is 6.42 Å². The zero-order chi connectivity index (χ0) is 22.0. The van der Waals surface area contributed by atoms with E-state index in [0.29, 0.717) is 11.8 Å². The van der Waals surface area contributed by atoms with E-state index in [2.05, 4.69) is 20.1 Å². The number of rotatable bonds is 8. The van der Waals surface area contributed by atoms with Gasteiger partial charge in [-0.15, -0.1) is 0 Å². The van der Waals surface area contributed by atoms with Gasteiger partial charge in [-0.2, -0.15) is 13.2 Å². The molecule has 0 fully saturated rings. The highest BCUT2D eigenvalue weighted by molar-refractivity contribution is 8.13. The first kappa shape index (κ1) is 24.6. The molecule has 0 saturated carbocycles. The number of carbonyl (C=O) groups excluding carboxylic acids is 4. The molecule has 0 aliphatic carbocycles. The van der Waals surface area contributed by atoms with E-state index in [-0.39, 0.29) is 28.1 Å². The van der Waals surface area contributed by atoms with Gasteiger partial charge in [-0.1, -0.05) is 11.8 Å². The van der Waals surface area contributed by atoms with Crippen LogP contribution in [0.25, 0.3) is 0 Å². The molecule has 1 aromatic rings. The van der Waals surface area contributed by atoms with Crippen LogP contribution in [0.5, 0.6) is 0 Å². The average Bonchev–Trinajstić information content (AvgIpc) is 2.64. The van der Waals surface area contributed by atoms with Crippen LogP contribution in [-0.2, 0) is 23.9 Å². The van der Waals surface area contributed by atoms with Gasteiger partial charge in [-0.05, 0) is 36.0 Å². The zero-order valence-corrected chi connectivity index (χ0v) is 16.8. The first-order chi connectivity index (χ1) is 13.5. The Kier molecular flexibility index (Phi) is 9.81. The maximum Gasteiger partial charge on any atom is 0.446 e. The monoisotopic (exact) mass is 454 g/mol. The molecule has 8 nitrogen and oxygen atoms in total. The molecule has 0 spiro atoms. The highest BCUT2D eigenvalue weighted by Crippen LogP contribution is 2.37. The minimum atomic E-state index is -4.41. The van der Waals surface area contributed by atoms with Gasteiger partial charge in [0.15, 0.2) is 0 Å². The lowest BCUT2D eigenvalue weighted by Crippen LogP contribution is -2.44. The summed E-state index contributed by atoms with van der Waals surface area (Å²) in [5.74, 6) is -2.61. The third-order valence-electron chi connectivity index (χ3n) is 3.07. The van der Waals surface area contributed by atoms with Gasteiger partial charge in [-0.25, -0.2) is 4.79 Å². The minimum Gasteiger partial charge on any atom is -0.469 e. The number of esters is 2. The molecule has 1 aromatic carbocycles. The van der Waals surface area contributed by atoms with Crippen LogP contribution < -0.4 is 10.6 Å². The van der Waals surface area contributed by atoms with Crippen LogP contribution in [0.4, 0.5) is 23.7 Å². The van der Waals surface area contributed by atoms with Crippen molar-refractivity contribution in [3.63, 3.8) is 0 Å². The van der Waals surface area contributed by atoms with Crippen LogP contribution in [-0.4, -0.2) is 54.6 Å². The normalized spacial score (nSPS) is 11.9. The number of amides is 2. The van der Waals surface area contributed by atoms with Crippen LogP contribution in [0, 0.1) is 0 Å². The van der Waals surface area contributed by atoms with Crippen molar-refractivity contribution in [2.24, 2.45) is 0 Å². The number of hydrogen-bond donors (Lipinski definition) is 2. The standard InChI is InChI=1S/C16H17F3N2O6S2/c1-26-13(23)7-12(22)21-11(14(24)27-2)8-28-15(25)20-9-3-5-10(6-4-9)29-16(17,18)19/h3-6,11H,7-8H2,1-2H3,(H,20,25)(H,21,22)/t11-/m1/s1. The van der Waals surface area contributed by atoms with Crippen molar-refractivity contribution in [1.29, 1.82) is 0 Å². The van der Waals surface area contributed by atoms with E-state index in [4.69, 9.17) is 0 Å². The number of nitrogens with one attached hydrogen (secondary N) is 2. The number of halogens is 3. The summed E-state index contributed by atoms with van der Waals surface area (Å²) in [6, 6.07) is 3.79. The molecule has 2 amide bonds. The number of alkyl halides is 3. The number of ether oxygens (including phenoxy) is 2. The molecule has 29 heavy (non-hydrogen) atoms. The molecule has 0 heterocycles. The predicted octanol–water partition coefficient (Wildman–Crippen LogP) is 2.78. The lowest BCUT2D eigenvalue weighted by Gasteiger charge is -2.15. The maximum atomic E-state index is 12.3. The first-order valence-electron chi connectivity index (χ1n) is 7.77. The fourth-order valence-electron chi connectivity index (χ4n) is 1.81. The number of methoxy groups -OCH3 is 2. The molecule has 0 aliphatic rings. The van der Waals surface area contributed by atoms with Crippen molar-refractivity contribution in [3.8, 4) is 0 Å². The number of carbonyl (C=O) groups is 4. The van der Waals surface area contributed by atoms with Gasteiger partial charge >= 0.3 is 17.4 Å². The fourth-order valence-corrected chi connectivity index (χ4v) is 3.08. The molecule has 1 rings (SSSR count). The molecule has 1 atom stereocenters. The van der Waals surface area contributed by atoms with Gasteiger partial charge < -0.3 is 20.1 Å². The average molecular weight is 454 g/mol. The zero-order valence-electron chi connectivity index (χ0n) is 15.2. The lowest BCUT2D eigenvalue weighted by atomic mass is 10.3. The van der Waals surface area contributed by atoms with E-state index in [1.165, 1.54) is 24.3 Å². The number of thioether (sulfide) groups is 2. The van der Waals surface area contributed by atoms with E-state index in [1.54, 1.807) is 0 Å². The molecule has 0 radical (unpaired) electrons. The summed E-state index contributed by atoms with van der Waals surface area (Å²) in [5.41, 5.74) is -4.17. The maximum absolute atomic E-state index is 12.3. The third kappa shape index (κ3) is 10.1. The Labute approximate surface area is 172 Å². The highest BCUT2D eigenvalue weighted by atomic mass is 32.2. The Morgan fingerprint density at radius 2 is 1.69 bits per heavy atom. The molecule has 2 N–H and O–H groups in total. The molecular formula is C16H17F3N2O6S2. The van der Waals surface area contributed by atoms with Gasteiger partial charge in [0.25, 0.3) is 5.24 Å². The molecular weight excluding hydrogens is 437 g/mol. The van der Waals surface area contributed by atoms with Crippen molar-refractivity contribution < 1.29 is 41.8 Å². The van der Waals surface area contributed by atoms with Gasteiger partial charge in [-0.3, -0.25) is 14.4 Å². The number of hydrogen-bond acceptors (Lipinski definition) is 8. The molecule has 160 valence electrons. The Morgan fingerprint density at radius 1 is 1.07 bits per heavy atom. The Balaban J connectivity index is 2.59. The van der Waals surface area contributed by atoms with Crippen LogP contribution in [0.2, 0.25) is 0 Å². The Morgan fingerprint density at radius 3 is 2.21 bits per heavy atom. The van der Waals surface area contributed by atoms with Crippen molar-refractivity contribution >= 4 is 52.3 Å². The Hall–Kier alpha value is -2.41. The summed E-state index contributed by atoms with van der Waals surface area (Å²) >= 11 is 0.354. The smallest absolute Gasteiger partial charge is 0.446 e. The summed E-state index contributed by atoms with van der Waals surface area (Å²) in [6.07, 6.45) is -0.608. The molecule has 0 aliphatic heterocycles. The van der Waals surface area contributed by atoms with Crippen LogP contribution in [0.15, 0.2) is 29.2 Å². The summed E-state index contributed by atoms with van der Waals surface area (Å²) < 4.78 is 45.8. The molecule has 0 saturated heterocycles. The first-order valence-corrected chi connectivity index (χ1v) is 9.58. The van der Waals surface area contributed by atoms with Crippen molar-refractivity contribution in [3.05, 3.63) is 24.3 Å². The van der Waals surface area contributed by atoms with E-state index in [0.717, 1.165) is 14.2 Å². The largest absolute Gasteiger partial charge is 0.469 e. The van der Waals surface area contributed by atoms with Crippen molar-refractivity contribution in [1.82, 2.24) is 5.32 Å². The van der Waals surface area contributed by atoms with Gasteiger partial charge in [0, 0.05) is 16.3 Å². The fraction of sp³-hybridized carbons (Fsp3) is 0.375. The molecule has 0 bridgehead atoms. The topological polar surface area (TPSA) is 111 Å². The second kappa shape index (κ2) is 11.6. The van der Waals surface area contributed by atoms with E-state index >= 15 is 0 Å². The molecule has 13 heteroatoms. The Bertz CT molecular complexity index is 743. The van der Waals surface area contributed by atoms with Crippen LogP contribution >= 0.6 is 23.5 Å². The van der Waals surface area contributed by atoms with E-state index < -0.39 is 41.1 Å². The highest BCUT2D eigenvalue weighted by Gasteiger charge is 2.29. The third-order valence-corrected chi connectivity index (χ3v) is 4.67. The lowest BCUT2D eigenvalue weighted by molar-refractivity contribution is -0.147. The molecule has 0 unspecified atom stereocenters. The van der Waals surface area contributed by atoms with Crippen molar-refractivity contribution in [2.75, 3.05) is 25.3 Å². The number of anilines is 1. The van der Waals surface area contributed by atoms with E-state index in [9.17, 15) is 32.3 Å².